The summed E-state index contributed by atoms with van der Waals surface area (Å²) in [4.78, 5) is 18.5. The summed E-state index contributed by atoms with van der Waals surface area (Å²) >= 11 is 1.46. The highest BCUT2D eigenvalue weighted by Crippen LogP contribution is 2.30. The summed E-state index contributed by atoms with van der Waals surface area (Å²) in [5.74, 6) is 0.747. The molecule has 0 radical (unpaired) electrons. The Morgan fingerprint density at radius 2 is 2.35 bits per heavy atom. The molecule has 0 bridgehead atoms. The van der Waals surface area contributed by atoms with Crippen LogP contribution in [0, 0.1) is 5.92 Å². The van der Waals surface area contributed by atoms with E-state index in [9.17, 15) is 4.79 Å². The lowest BCUT2D eigenvalue weighted by atomic mass is 10.2. The Labute approximate surface area is 106 Å². The molecule has 5 heteroatoms. The first-order valence-corrected chi connectivity index (χ1v) is 6.95. The summed E-state index contributed by atoms with van der Waals surface area (Å²) in [6.45, 7) is 5.38. The van der Waals surface area contributed by atoms with E-state index in [0.29, 0.717) is 18.2 Å². The zero-order valence-electron chi connectivity index (χ0n) is 10.3. The first kappa shape index (κ1) is 12.5. The van der Waals surface area contributed by atoms with E-state index in [1.165, 1.54) is 24.2 Å². The number of thiazole rings is 1. The van der Waals surface area contributed by atoms with Gasteiger partial charge in [-0.3, -0.25) is 4.79 Å². The highest BCUT2D eigenvalue weighted by atomic mass is 32.1. The van der Waals surface area contributed by atoms with Gasteiger partial charge in [-0.15, -0.1) is 11.3 Å². The van der Waals surface area contributed by atoms with E-state index in [-0.39, 0.29) is 11.9 Å². The number of nitrogens with zero attached hydrogens (tertiary/aromatic N) is 2. The highest BCUT2D eigenvalue weighted by molar-refractivity contribution is 7.09. The number of rotatable bonds is 5. The van der Waals surface area contributed by atoms with Gasteiger partial charge in [-0.2, -0.15) is 0 Å². The van der Waals surface area contributed by atoms with Crippen LogP contribution in [-0.4, -0.2) is 28.4 Å². The first-order chi connectivity index (χ1) is 8.11. The van der Waals surface area contributed by atoms with E-state index in [2.05, 4.69) is 18.8 Å². The first-order valence-electron chi connectivity index (χ1n) is 6.07. The van der Waals surface area contributed by atoms with Gasteiger partial charge in [-0.05, 0) is 32.6 Å². The molecule has 0 aromatic carbocycles. The zero-order chi connectivity index (χ0) is 12.4. The monoisotopic (exact) mass is 253 g/mol. The van der Waals surface area contributed by atoms with Crippen LogP contribution in [0.3, 0.4) is 0 Å². The van der Waals surface area contributed by atoms with Crippen molar-refractivity contribution in [2.45, 2.75) is 39.3 Å². The molecule has 17 heavy (non-hydrogen) atoms. The molecule has 1 aromatic rings. The van der Waals surface area contributed by atoms with Crippen molar-refractivity contribution in [3.05, 3.63) is 16.1 Å². The van der Waals surface area contributed by atoms with Gasteiger partial charge >= 0.3 is 0 Å². The van der Waals surface area contributed by atoms with Crippen LogP contribution in [0.2, 0.25) is 0 Å². The summed E-state index contributed by atoms with van der Waals surface area (Å²) in [5, 5.41) is 2.63. The molecule has 1 saturated carbocycles. The molecule has 1 aliphatic rings. The summed E-state index contributed by atoms with van der Waals surface area (Å²) in [6.07, 6.45) is 2.50. The summed E-state index contributed by atoms with van der Waals surface area (Å²) in [7, 11) is 0. The molecule has 1 amide bonds. The molecule has 1 heterocycles. The van der Waals surface area contributed by atoms with Crippen molar-refractivity contribution >= 4 is 17.2 Å². The Balaban J connectivity index is 2.08. The van der Waals surface area contributed by atoms with Crippen LogP contribution in [0.15, 0.2) is 5.38 Å². The van der Waals surface area contributed by atoms with E-state index < -0.39 is 0 Å². The Kier molecular flexibility index (Phi) is 3.79. The number of aromatic nitrogens is 1. The molecule has 1 aliphatic carbocycles. The number of nitrogens with two attached hydrogens (primary N) is 1. The predicted octanol–water partition coefficient (Wildman–Crippen LogP) is 1.86. The fraction of sp³-hybridized carbons (Fsp3) is 0.667. The third-order valence-corrected chi connectivity index (χ3v) is 3.85. The van der Waals surface area contributed by atoms with Crippen molar-refractivity contribution in [3.63, 3.8) is 0 Å². The molecule has 1 fully saturated rings. The molecule has 4 nitrogen and oxygen atoms in total. The van der Waals surface area contributed by atoms with Crippen molar-refractivity contribution in [3.8, 4) is 0 Å². The fourth-order valence-corrected chi connectivity index (χ4v) is 2.41. The number of carbonyl (C=O) groups excluding carboxylic acids is 1. The second kappa shape index (κ2) is 5.14. The normalized spacial score (nSPS) is 15.3. The van der Waals surface area contributed by atoms with Gasteiger partial charge in [0.15, 0.2) is 0 Å². The predicted molar refractivity (Wildman–Crippen MR) is 68.9 cm³/mol. The van der Waals surface area contributed by atoms with Gasteiger partial charge in [-0.1, -0.05) is 0 Å². The molecule has 0 atom stereocenters. The maximum Gasteiger partial charge on any atom is 0.273 e. The number of hydrogen-bond donors (Lipinski definition) is 1. The molecule has 0 spiro atoms. The number of carbonyl (C=O) groups is 1. The molecular weight excluding hydrogens is 234 g/mol. The average Bonchev–Trinajstić information content (AvgIpc) is 2.99. The smallest absolute Gasteiger partial charge is 0.273 e. The van der Waals surface area contributed by atoms with Crippen molar-refractivity contribution in [2.75, 3.05) is 6.54 Å². The largest absolute Gasteiger partial charge is 0.335 e. The molecule has 1 aromatic heterocycles. The van der Waals surface area contributed by atoms with Crippen molar-refractivity contribution < 1.29 is 4.79 Å². The lowest BCUT2D eigenvalue weighted by Gasteiger charge is -2.25. The maximum absolute atomic E-state index is 12.3. The van der Waals surface area contributed by atoms with Crippen LogP contribution >= 0.6 is 11.3 Å². The van der Waals surface area contributed by atoms with E-state index in [4.69, 9.17) is 5.73 Å². The van der Waals surface area contributed by atoms with Crippen molar-refractivity contribution in [1.82, 2.24) is 9.88 Å². The van der Waals surface area contributed by atoms with E-state index in [1.807, 2.05) is 10.3 Å². The standard InChI is InChI=1S/C12H19N3OS/c1-8(2)15(6-9-3-4-9)12(16)10-7-17-11(5-13)14-10/h7-9H,3-6,13H2,1-2H3. The van der Waals surface area contributed by atoms with Gasteiger partial charge in [0.05, 0.1) is 0 Å². The fourth-order valence-electron chi connectivity index (χ4n) is 1.76. The van der Waals surface area contributed by atoms with Crippen LogP contribution in [0.5, 0.6) is 0 Å². The minimum atomic E-state index is 0.0443. The summed E-state index contributed by atoms with van der Waals surface area (Å²) in [5.41, 5.74) is 6.06. The van der Waals surface area contributed by atoms with E-state index >= 15 is 0 Å². The van der Waals surface area contributed by atoms with Gasteiger partial charge in [0.25, 0.3) is 5.91 Å². The van der Waals surface area contributed by atoms with Gasteiger partial charge in [0.2, 0.25) is 0 Å². The van der Waals surface area contributed by atoms with Gasteiger partial charge < -0.3 is 10.6 Å². The minimum Gasteiger partial charge on any atom is -0.335 e. The van der Waals surface area contributed by atoms with Crippen LogP contribution in [0.25, 0.3) is 0 Å². The topological polar surface area (TPSA) is 59.2 Å². The second-order valence-corrected chi connectivity index (χ2v) is 5.77. The van der Waals surface area contributed by atoms with Crippen molar-refractivity contribution in [2.24, 2.45) is 11.7 Å². The molecule has 2 rings (SSSR count). The summed E-state index contributed by atoms with van der Waals surface area (Å²) < 4.78 is 0. The highest BCUT2D eigenvalue weighted by Gasteiger charge is 2.29. The van der Waals surface area contributed by atoms with E-state index in [1.54, 1.807) is 0 Å². The van der Waals surface area contributed by atoms with Gasteiger partial charge in [0, 0.05) is 24.5 Å². The van der Waals surface area contributed by atoms with E-state index in [0.717, 1.165) is 11.6 Å². The minimum absolute atomic E-state index is 0.0443. The Morgan fingerprint density at radius 3 is 2.82 bits per heavy atom. The van der Waals surface area contributed by atoms with Crippen LogP contribution in [0.4, 0.5) is 0 Å². The van der Waals surface area contributed by atoms with Crippen molar-refractivity contribution in [1.29, 1.82) is 0 Å². The Hall–Kier alpha value is -0.940. The molecule has 2 N–H and O–H groups in total. The Bertz CT molecular complexity index is 398. The van der Waals surface area contributed by atoms with Gasteiger partial charge in [0.1, 0.15) is 10.7 Å². The lowest BCUT2D eigenvalue weighted by Crippen LogP contribution is -2.38. The molecule has 94 valence electrons. The molecule has 0 saturated heterocycles. The van der Waals surface area contributed by atoms with Gasteiger partial charge in [-0.25, -0.2) is 4.98 Å². The lowest BCUT2D eigenvalue weighted by molar-refractivity contribution is 0.0691. The molecule has 0 aliphatic heterocycles. The third kappa shape index (κ3) is 3.04. The second-order valence-electron chi connectivity index (χ2n) is 4.83. The molecule has 0 unspecified atom stereocenters. The third-order valence-electron chi connectivity index (χ3n) is 2.98. The number of amides is 1. The maximum atomic E-state index is 12.3. The average molecular weight is 253 g/mol. The van der Waals surface area contributed by atoms with Crippen LogP contribution < -0.4 is 5.73 Å². The van der Waals surface area contributed by atoms with Crippen LogP contribution in [-0.2, 0) is 6.54 Å². The molecular formula is C12H19N3OS. The summed E-state index contributed by atoms with van der Waals surface area (Å²) in [6, 6.07) is 0.228. The quantitative estimate of drug-likeness (QED) is 0.871. The number of hydrogen-bond acceptors (Lipinski definition) is 4. The Morgan fingerprint density at radius 1 is 1.65 bits per heavy atom. The zero-order valence-corrected chi connectivity index (χ0v) is 11.2. The van der Waals surface area contributed by atoms with Crippen LogP contribution in [0.1, 0.15) is 42.2 Å². The SMILES string of the molecule is CC(C)N(CC1CC1)C(=O)c1csc(CN)n1.